The van der Waals surface area contributed by atoms with Crippen LogP contribution in [0.3, 0.4) is 0 Å². The van der Waals surface area contributed by atoms with Crippen LogP contribution in [0.25, 0.3) is 11.4 Å². The van der Waals surface area contributed by atoms with Gasteiger partial charge in [-0.15, -0.1) is 11.3 Å². The van der Waals surface area contributed by atoms with Crippen molar-refractivity contribution in [3.05, 3.63) is 50.7 Å². The fraction of sp³-hybridized carbons (Fsp3) is 0.154. The largest absolute Gasteiger partial charge is 0.342 e. The molecule has 8 nitrogen and oxygen atoms in total. The fourth-order valence-corrected chi connectivity index (χ4v) is 2.50. The van der Waals surface area contributed by atoms with Crippen molar-refractivity contribution in [2.75, 3.05) is 0 Å². The van der Waals surface area contributed by atoms with E-state index in [-0.39, 0.29) is 23.9 Å². The first kappa shape index (κ1) is 14.1. The Morgan fingerprint density at radius 1 is 1.50 bits per heavy atom. The Labute approximate surface area is 128 Å². The van der Waals surface area contributed by atoms with Gasteiger partial charge in [0.05, 0.1) is 17.7 Å². The number of pyridine rings is 1. The van der Waals surface area contributed by atoms with Crippen LogP contribution >= 0.6 is 11.3 Å². The lowest BCUT2D eigenvalue weighted by atomic mass is 10.2. The Morgan fingerprint density at radius 2 is 2.36 bits per heavy atom. The van der Waals surface area contributed by atoms with Gasteiger partial charge in [-0.1, -0.05) is 5.16 Å². The Morgan fingerprint density at radius 3 is 3.09 bits per heavy atom. The van der Waals surface area contributed by atoms with Crippen LogP contribution in [0, 0.1) is 6.92 Å². The van der Waals surface area contributed by atoms with Gasteiger partial charge in [-0.2, -0.15) is 4.98 Å². The number of amides is 1. The van der Waals surface area contributed by atoms with E-state index in [1.807, 2.05) is 0 Å². The summed E-state index contributed by atoms with van der Waals surface area (Å²) in [5.74, 6) is 0.311. The molecule has 0 aliphatic carbocycles. The van der Waals surface area contributed by atoms with Crippen LogP contribution in [0.15, 0.2) is 33.2 Å². The molecule has 3 aromatic rings. The van der Waals surface area contributed by atoms with Crippen molar-refractivity contribution in [1.29, 1.82) is 0 Å². The quantitative estimate of drug-likeness (QED) is 0.745. The van der Waals surface area contributed by atoms with Gasteiger partial charge in [0.25, 0.3) is 5.91 Å². The number of thiazole rings is 1. The third kappa shape index (κ3) is 2.93. The maximum atomic E-state index is 11.9. The molecule has 0 spiro atoms. The van der Waals surface area contributed by atoms with Crippen LogP contribution in [0.2, 0.25) is 0 Å². The number of nitrogens with zero attached hydrogens (tertiary/aromatic N) is 3. The van der Waals surface area contributed by atoms with Crippen molar-refractivity contribution >= 4 is 17.2 Å². The van der Waals surface area contributed by atoms with E-state index in [2.05, 4.69) is 25.4 Å². The highest BCUT2D eigenvalue weighted by molar-refractivity contribution is 7.11. The summed E-state index contributed by atoms with van der Waals surface area (Å²) >= 11 is 1.27. The lowest BCUT2D eigenvalue weighted by Gasteiger charge is -1.99. The Kier molecular flexibility index (Phi) is 3.79. The summed E-state index contributed by atoms with van der Waals surface area (Å²) in [6.45, 7) is 1.87. The summed E-state index contributed by atoms with van der Waals surface area (Å²) in [7, 11) is 0. The van der Waals surface area contributed by atoms with Crippen LogP contribution in [-0.4, -0.2) is 26.0 Å². The number of aromatic nitrogens is 4. The highest BCUT2D eigenvalue weighted by Gasteiger charge is 2.14. The molecule has 0 radical (unpaired) electrons. The first-order chi connectivity index (χ1) is 10.6. The minimum Gasteiger partial charge on any atom is -0.342 e. The summed E-state index contributed by atoms with van der Waals surface area (Å²) in [5, 5.41) is 6.47. The molecule has 3 heterocycles. The molecule has 9 heteroatoms. The molecular weight excluding hydrogens is 306 g/mol. The van der Waals surface area contributed by atoms with Gasteiger partial charge in [0, 0.05) is 17.8 Å². The van der Waals surface area contributed by atoms with Crippen molar-refractivity contribution in [1.82, 2.24) is 25.4 Å². The minimum atomic E-state index is -0.252. The Hall–Kier alpha value is -2.81. The number of H-pyrrole nitrogens is 1. The molecule has 0 unspecified atom stereocenters. The zero-order valence-electron chi connectivity index (χ0n) is 11.5. The van der Waals surface area contributed by atoms with Gasteiger partial charge in [0.1, 0.15) is 4.88 Å². The zero-order valence-corrected chi connectivity index (χ0v) is 12.3. The Balaban J connectivity index is 1.69. The van der Waals surface area contributed by atoms with Gasteiger partial charge < -0.3 is 14.8 Å². The fourth-order valence-electron chi connectivity index (χ4n) is 1.78. The second-order valence-electron chi connectivity index (χ2n) is 4.40. The van der Waals surface area contributed by atoms with E-state index in [9.17, 15) is 9.59 Å². The smallest absolute Gasteiger partial charge is 0.263 e. The summed E-state index contributed by atoms with van der Waals surface area (Å²) < 4.78 is 5.06. The van der Waals surface area contributed by atoms with Crippen LogP contribution in [-0.2, 0) is 6.54 Å². The molecule has 0 saturated carbocycles. The molecule has 22 heavy (non-hydrogen) atoms. The lowest BCUT2D eigenvalue weighted by molar-refractivity contribution is 0.0949. The van der Waals surface area contributed by atoms with E-state index in [0.29, 0.717) is 22.0 Å². The third-order valence-corrected chi connectivity index (χ3v) is 3.78. The molecule has 3 aromatic heterocycles. The number of hydrogen-bond acceptors (Lipinski definition) is 7. The molecule has 0 aromatic carbocycles. The monoisotopic (exact) mass is 317 g/mol. The second kappa shape index (κ2) is 5.90. The van der Waals surface area contributed by atoms with E-state index in [1.54, 1.807) is 18.5 Å². The normalized spacial score (nSPS) is 10.6. The predicted molar refractivity (Wildman–Crippen MR) is 78.4 cm³/mol. The first-order valence-corrected chi connectivity index (χ1v) is 7.21. The topological polar surface area (TPSA) is 114 Å². The average molecular weight is 317 g/mol. The van der Waals surface area contributed by atoms with Crippen molar-refractivity contribution in [2.24, 2.45) is 0 Å². The summed E-state index contributed by atoms with van der Waals surface area (Å²) in [5.41, 5.74) is 2.58. The molecule has 112 valence electrons. The maximum absolute atomic E-state index is 11.9. The average Bonchev–Trinajstić information content (AvgIpc) is 3.14. The molecule has 0 atom stereocenters. The number of carbonyl (C=O) groups is 1. The van der Waals surface area contributed by atoms with E-state index < -0.39 is 0 Å². The first-order valence-electron chi connectivity index (χ1n) is 6.33. The molecule has 0 aliphatic rings. The van der Waals surface area contributed by atoms with Gasteiger partial charge in [0.15, 0.2) is 0 Å². The molecule has 0 saturated heterocycles. The molecule has 3 rings (SSSR count). The molecular formula is C13H11N5O3S. The third-order valence-electron chi connectivity index (χ3n) is 2.85. The van der Waals surface area contributed by atoms with Gasteiger partial charge >= 0.3 is 0 Å². The molecule has 1 amide bonds. The van der Waals surface area contributed by atoms with Gasteiger partial charge in [-0.05, 0) is 13.0 Å². The molecule has 0 fully saturated rings. The molecule has 2 N–H and O–H groups in total. The number of rotatable bonds is 4. The van der Waals surface area contributed by atoms with E-state index in [4.69, 9.17) is 4.52 Å². The zero-order chi connectivity index (χ0) is 15.5. The predicted octanol–water partition coefficient (Wildman–Crippen LogP) is 1.12. The minimum absolute atomic E-state index is 0.104. The number of hydrogen-bond donors (Lipinski definition) is 2. The van der Waals surface area contributed by atoms with Crippen LogP contribution < -0.4 is 10.9 Å². The van der Waals surface area contributed by atoms with Crippen LogP contribution in [0.5, 0.6) is 0 Å². The van der Waals surface area contributed by atoms with Crippen molar-refractivity contribution in [3.63, 3.8) is 0 Å². The van der Waals surface area contributed by atoms with Crippen molar-refractivity contribution in [2.45, 2.75) is 13.5 Å². The SMILES string of the molecule is Cc1ncsc1C(=O)NCc1nc(-c2cc[nH]c(=O)c2)no1. The van der Waals surface area contributed by atoms with Gasteiger partial charge in [-0.3, -0.25) is 9.59 Å². The number of aromatic amines is 1. The van der Waals surface area contributed by atoms with Crippen molar-refractivity contribution < 1.29 is 9.32 Å². The number of carbonyl (C=O) groups excluding carboxylic acids is 1. The summed E-state index contributed by atoms with van der Waals surface area (Å²) in [6.07, 6.45) is 1.50. The van der Waals surface area contributed by atoms with Gasteiger partial charge in [0.2, 0.25) is 17.3 Å². The van der Waals surface area contributed by atoms with Crippen LogP contribution in [0.1, 0.15) is 21.3 Å². The lowest BCUT2D eigenvalue weighted by Crippen LogP contribution is -2.22. The van der Waals surface area contributed by atoms with E-state index in [0.717, 1.165) is 0 Å². The second-order valence-corrected chi connectivity index (χ2v) is 5.26. The number of nitrogens with one attached hydrogen (secondary N) is 2. The highest BCUT2D eigenvalue weighted by atomic mass is 32.1. The summed E-state index contributed by atoms with van der Waals surface area (Å²) in [4.78, 5) is 34.4. The highest BCUT2D eigenvalue weighted by Crippen LogP contribution is 2.14. The molecule has 0 bridgehead atoms. The van der Waals surface area contributed by atoms with E-state index >= 15 is 0 Å². The molecule has 0 aliphatic heterocycles. The maximum Gasteiger partial charge on any atom is 0.263 e. The Bertz CT molecular complexity index is 866. The summed E-state index contributed by atoms with van der Waals surface area (Å²) in [6, 6.07) is 3.03. The van der Waals surface area contributed by atoms with Crippen molar-refractivity contribution in [3.8, 4) is 11.4 Å². The van der Waals surface area contributed by atoms with Gasteiger partial charge in [-0.25, -0.2) is 4.98 Å². The van der Waals surface area contributed by atoms with Crippen LogP contribution in [0.4, 0.5) is 0 Å². The number of aryl methyl sites for hydroxylation is 1. The van der Waals surface area contributed by atoms with E-state index in [1.165, 1.54) is 23.6 Å². The standard InChI is InChI=1S/C13H11N5O3S/c1-7-11(22-6-16-7)13(20)15-5-10-17-12(18-21-10)8-2-3-14-9(19)4-8/h2-4,6H,5H2,1H3,(H,14,19)(H,15,20).